The molecule has 0 aromatic carbocycles. The molecule has 1 aromatic heterocycles. The van der Waals surface area contributed by atoms with Gasteiger partial charge in [-0.25, -0.2) is 4.98 Å². The van der Waals surface area contributed by atoms with Crippen molar-refractivity contribution >= 4 is 11.7 Å². The highest BCUT2D eigenvalue weighted by atomic mass is 16.2. The number of hydrogen-bond acceptors (Lipinski definition) is 4. The minimum absolute atomic E-state index is 0.0420. The van der Waals surface area contributed by atoms with Gasteiger partial charge in [-0.3, -0.25) is 4.79 Å². The van der Waals surface area contributed by atoms with E-state index in [1.165, 1.54) is 0 Å². The monoisotopic (exact) mass is 260 g/mol. The summed E-state index contributed by atoms with van der Waals surface area (Å²) in [6, 6.07) is 5.46. The molecule has 1 aromatic rings. The number of nitrogens with two attached hydrogens (primary N) is 1. The first kappa shape index (κ1) is 15.0. The maximum absolute atomic E-state index is 12.4. The van der Waals surface area contributed by atoms with Crippen LogP contribution in [0.5, 0.6) is 0 Å². The van der Waals surface area contributed by atoms with Crippen LogP contribution in [-0.2, 0) is 6.42 Å². The quantitative estimate of drug-likeness (QED) is 0.877. The fraction of sp³-hybridized carbons (Fsp3) is 0.500. The number of carbonyl (C=O) groups is 1. The average Bonchev–Trinajstić information content (AvgIpc) is 2.37. The highest BCUT2D eigenvalue weighted by Crippen LogP contribution is 2.13. The van der Waals surface area contributed by atoms with Crippen LogP contribution in [-0.4, -0.2) is 28.4 Å². The molecule has 1 amide bonds. The van der Waals surface area contributed by atoms with Crippen LogP contribution >= 0.6 is 0 Å². The zero-order valence-electron chi connectivity index (χ0n) is 11.7. The molecule has 0 saturated carbocycles. The van der Waals surface area contributed by atoms with Crippen molar-refractivity contribution in [2.24, 2.45) is 0 Å². The van der Waals surface area contributed by atoms with Crippen LogP contribution in [0.15, 0.2) is 12.1 Å². The fourth-order valence-corrected chi connectivity index (χ4v) is 1.85. The van der Waals surface area contributed by atoms with E-state index in [0.717, 1.165) is 12.1 Å². The predicted octanol–water partition coefficient (Wildman–Crippen LogP) is 1.99. The Morgan fingerprint density at radius 3 is 2.74 bits per heavy atom. The van der Waals surface area contributed by atoms with E-state index >= 15 is 0 Å². The molecule has 0 aliphatic heterocycles. The van der Waals surface area contributed by atoms with Gasteiger partial charge in [0.1, 0.15) is 5.82 Å². The van der Waals surface area contributed by atoms with Crippen molar-refractivity contribution in [1.82, 2.24) is 9.88 Å². The van der Waals surface area contributed by atoms with Crippen LogP contribution in [0.25, 0.3) is 0 Å². The molecule has 2 N–H and O–H groups in total. The van der Waals surface area contributed by atoms with E-state index in [0.29, 0.717) is 24.3 Å². The zero-order chi connectivity index (χ0) is 14.4. The third-order valence-electron chi connectivity index (χ3n) is 2.86. The van der Waals surface area contributed by atoms with E-state index in [-0.39, 0.29) is 11.9 Å². The van der Waals surface area contributed by atoms with Gasteiger partial charge in [0.15, 0.2) is 0 Å². The molecule has 0 fully saturated rings. The minimum Gasteiger partial charge on any atom is -0.384 e. The maximum atomic E-state index is 12.4. The molecular weight excluding hydrogens is 240 g/mol. The first-order valence-electron chi connectivity index (χ1n) is 6.44. The predicted molar refractivity (Wildman–Crippen MR) is 74.4 cm³/mol. The molecule has 102 valence electrons. The van der Waals surface area contributed by atoms with Gasteiger partial charge in [-0.05, 0) is 32.4 Å². The van der Waals surface area contributed by atoms with Crippen molar-refractivity contribution in [2.75, 3.05) is 12.3 Å². The van der Waals surface area contributed by atoms with E-state index < -0.39 is 0 Å². The molecule has 5 heteroatoms. The van der Waals surface area contributed by atoms with Gasteiger partial charge in [0.25, 0.3) is 5.91 Å². The molecule has 0 radical (unpaired) electrons. The number of pyridine rings is 1. The molecule has 5 nitrogen and oxygen atoms in total. The summed E-state index contributed by atoms with van der Waals surface area (Å²) >= 11 is 0. The lowest BCUT2D eigenvalue weighted by molar-refractivity contribution is 0.0710. The van der Waals surface area contributed by atoms with Crippen molar-refractivity contribution in [2.45, 2.75) is 39.7 Å². The molecule has 19 heavy (non-hydrogen) atoms. The highest BCUT2D eigenvalue weighted by Gasteiger charge is 2.19. The van der Waals surface area contributed by atoms with E-state index in [9.17, 15) is 4.79 Å². The summed E-state index contributed by atoms with van der Waals surface area (Å²) in [4.78, 5) is 18.3. The number of anilines is 1. The molecular formula is C14H20N4O. The van der Waals surface area contributed by atoms with Gasteiger partial charge in [0, 0.05) is 23.8 Å². The number of amides is 1. The van der Waals surface area contributed by atoms with Crippen LogP contribution in [0.3, 0.4) is 0 Å². The molecule has 0 bridgehead atoms. The Labute approximate surface area is 114 Å². The smallest absolute Gasteiger partial charge is 0.254 e. The van der Waals surface area contributed by atoms with E-state index in [2.05, 4.69) is 11.1 Å². The topological polar surface area (TPSA) is 83.0 Å². The number of rotatable bonds is 5. The van der Waals surface area contributed by atoms with Gasteiger partial charge in [-0.1, -0.05) is 6.92 Å². The lowest BCUT2D eigenvalue weighted by Gasteiger charge is -2.26. The second-order valence-electron chi connectivity index (χ2n) is 4.63. The summed E-state index contributed by atoms with van der Waals surface area (Å²) in [6.45, 7) is 6.25. The molecule has 0 aliphatic rings. The van der Waals surface area contributed by atoms with Crippen LogP contribution < -0.4 is 5.73 Å². The molecule has 1 rings (SSSR count). The Balaban J connectivity index is 3.02. The molecule has 0 unspecified atom stereocenters. The van der Waals surface area contributed by atoms with Gasteiger partial charge in [0.05, 0.1) is 12.5 Å². The normalized spacial score (nSPS) is 10.3. The van der Waals surface area contributed by atoms with Crippen LogP contribution in [0.1, 0.15) is 43.2 Å². The standard InChI is InChI=1S/C14H20N4O/c1-4-12-8-11(9-13(16)17-12)14(19)18(10(2)3)7-5-6-15/h8-10H,4-5,7H2,1-3H3,(H2,16,17). The largest absolute Gasteiger partial charge is 0.384 e. The zero-order valence-corrected chi connectivity index (χ0v) is 11.7. The third-order valence-corrected chi connectivity index (χ3v) is 2.86. The summed E-state index contributed by atoms with van der Waals surface area (Å²) in [5, 5.41) is 8.66. The highest BCUT2D eigenvalue weighted by molar-refractivity contribution is 5.95. The van der Waals surface area contributed by atoms with Crippen molar-refractivity contribution in [3.63, 3.8) is 0 Å². The van der Waals surface area contributed by atoms with Crippen LogP contribution in [0, 0.1) is 11.3 Å². The summed E-state index contributed by atoms with van der Waals surface area (Å²) in [5.74, 6) is 0.251. The number of aromatic nitrogens is 1. The molecule has 0 saturated heterocycles. The number of hydrogen-bond donors (Lipinski definition) is 1. The average molecular weight is 260 g/mol. The Hall–Kier alpha value is -2.09. The second kappa shape index (κ2) is 6.74. The van der Waals surface area contributed by atoms with Crippen LogP contribution in [0.4, 0.5) is 5.82 Å². The number of nitrogens with zero attached hydrogens (tertiary/aromatic N) is 3. The second-order valence-corrected chi connectivity index (χ2v) is 4.63. The van der Waals surface area contributed by atoms with Gasteiger partial charge >= 0.3 is 0 Å². The minimum atomic E-state index is -0.103. The van der Waals surface area contributed by atoms with Gasteiger partial charge in [-0.2, -0.15) is 5.26 Å². The lowest BCUT2D eigenvalue weighted by Crippen LogP contribution is -2.37. The molecule has 0 spiro atoms. The van der Waals surface area contributed by atoms with Gasteiger partial charge in [-0.15, -0.1) is 0 Å². The molecule has 1 heterocycles. The maximum Gasteiger partial charge on any atom is 0.254 e. The summed E-state index contributed by atoms with van der Waals surface area (Å²) in [6.07, 6.45) is 1.05. The Bertz CT molecular complexity index is 491. The number of nitriles is 1. The van der Waals surface area contributed by atoms with Crippen molar-refractivity contribution in [1.29, 1.82) is 5.26 Å². The number of aryl methyl sites for hydroxylation is 1. The first-order valence-corrected chi connectivity index (χ1v) is 6.44. The lowest BCUT2D eigenvalue weighted by atomic mass is 10.1. The third kappa shape index (κ3) is 3.95. The Morgan fingerprint density at radius 2 is 2.21 bits per heavy atom. The number of carbonyl (C=O) groups excluding carboxylic acids is 1. The van der Waals surface area contributed by atoms with Gasteiger partial charge < -0.3 is 10.6 Å². The SMILES string of the molecule is CCc1cc(C(=O)N(CCC#N)C(C)C)cc(N)n1. The van der Waals surface area contributed by atoms with Crippen molar-refractivity contribution < 1.29 is 4.79 Å². The summed E-state index contributed by atoms with van der Waals surface area (Å²) in [7, 11) is 0. The first-order chi connectivity index (χ1) is 8.99. The van der Waals surface area contributed by atoms with E-state index in [4.69, 9.17) is 11.0 Å². The Kier molecular flexibility index (Phi) is 5.31. The van der Waals surface area contributed by atoms with E-state index in [1.807, 2.05) is 20.8 Å². The summed E-state index contributed by atoms with van der Waals surface area (Å²) in [5.41, 5.74) is 7.05. The summed E-state index contributed by atoms with van der Waals surface area (Å²) < 4.78 is 0. The fourth-order valence-electron chi connectivity index (χ4n) is 1.85. The van der Waals surface area contributed by atoms with Crippen LogP contribution in [0.2, 0.25) is 0 Å². The molecule has 0 atom stereocenters. The van der Waals surface area contributed by atoms with E-state index in [1.54, 1.807) is 17.0 Å². The van der Waals surface area contributed by atoms with Crippen molar-refractivity contribution in [3.8, 4) is 6.07 Å². The number of nitrogen functional groups attached to an aromatic ring is 1. The van der Waals surface area contributed by atoms with Gasteiger partial charge in [0.2, 0.25) is 0 Å². The Morgan fingerprint density at radius 1 is 1.53 bits per heavy atom. The molecule has 0 aliphatic carbocycles. The van der Waals surface area contributed by atoms with Crippen molar-refractivity contribution in [3.05, 3.63) is 23.4 Å².